The molecule has 0 saturated carbocycles. The van der Waals surface area contributed by atoms with Gasteiger partial charge in [0.25, 0.3) is 16.8 Å². The third-order valence-corrected chi connectivity index (χ3v) is 3.90. The zero-order valence-electron chi connectivity index (χ0n) is 11.4. The van der Waals surface area contributed by atoms with Crippen molar-refractivity contribution in [3.63, 3.8) is 0 Å². The monoisotopic (exact) mass is 306 g/mol. The van der Waals surface area contributed by atoms with Crippen LogP contribution in [0, 0.1) is 10.1 Å². The fourth-order valence-electron chi connectivity index (χ4n) is 1.89. The van der Waals surface area contributed by atoms with Crippen molar-refractivity contribution in [3.8, 4) is 0 Å². The second kappa shape index (κ2) is 6.53. The molecule has 7 heteroatoms. The van der Waals surface area contributed by atoms with E-state index in [1.165, 1.54) is 23.1 Å². The van der Waals surface area contributed by atoms with Crippen molar-refractivity contribution in [1.29, 1.82) is 0 Å². The standard InChI is InChI=1S/C14H14N2O4S/c1-2-3-7-15-13(17)12(21-14(15)18)9-10-5-4-6-11(8-10)16(19)20/h4-6,8-9H,2-3,7H2,1H3/b12-9+. The average Bonchev–Trinajstić information content (AvgIpc) is 2.72. The van der Waals surface area contributed by atoms with Crippen LogP contribution in [0.3, 0.4) is 0 Å². The highest BCUT2D eigenvalue weighted by Gasteiger charge is 2.34. The Balaban J connectivity index is 2.22. The van der Waals surface area contributed by atoms with Gasteiger partial charge in [-0.15, -0.1) is 0 Å². The maximum absolute atomic E-state index is 12.1. The van der Waals surface area contributed by atoms with Crippen LogP contribution in [0.2, 0.25) is 0 Å². The number of carbonyl (C=O) groups is 2. The summed E-state index contributed by atoms with van der Waals surface area (Å²) in [5, 5.41) is 10.4. The summed E-state index contributed by atoms with van der Waals surface area (Å²) < 4.78 is 0. The molecule has 1 aliphatic rings. The summed E-state index contributed by atoms with van der Waals surface area (Å²) in [6, 6.07) is 5.96. The zero-order valence-corrected chi connectivity index (χ0v) is 12.3. The number of benzene rings is 1. The van der Waals surface area contributed by atoms with Crippen molar-refractivity contribution < 1.29 is 14.5 Å². The summed E-state index contributed by atoms with van der Waals surface area (Å²) in [5.74, 6) is -0.329. The third-order valence-electron chi connectivity index (χ3n) is 2.99. The molecular weight excluding hydrogens is 292 g/mol. The fraction of sp³-hybridized carbons (Fsp3) is 0.286. The maximum atomic E-state index is 12.1. The highest BCUT2D eigenvalue weighted by atomic mass is 32.2. The number of unbranched alkanes of at least 4 members (excludes halogenated alkanes) is 1. The molecule has 0 aromatic heterocycles. The van der Waals surface area contributed by atoms with Crippen LogP contribution in [0.25, 0.3) is 6.08 Å². The van der Waals surface area contributed by atoms with E-state index in [4.69, 9.17) is 0 Å². The molecule has 1 heterocycles. The topological polar surface area (TPSA) is 80.5 Å². The van der Waals surface area contributed by atoms with Crippen LogP contribution >= 0.6 is 11.8 Å². The molecule has 110 valence electrons. The molecule has 1 saturated heterocycles. The average molecular weight is 306 g/mol. The smallest absolute Gasteiger partial charge is 0.268 e. The highest BCUT2D eigenvalue weighted by Crippen LogP contribution is 2.32. The van der Waals surface area contributed by atoms with Crippen LogP contribution in [-0.2, 0) is 4.79 Å². The summed E-state index contributed by atoms with van der Waals surface area (Å²) in [6.07, 6.45) is 3.18. The van der Waals surface area contributed by atoms with Gasteiger partial charge >= 0.3 is 0 Å². The molecule has 0 aliphatic carbocycles. The largest absolute Gasteiger partial charge is 0.293 e. The number of amides is 2. The van der Waals surface area contributed by atoms with Gasteiger partial charge in [-0.3, -0.25) is 24.6 Å². The fourth-order valence-corrected chi connectivity index (χ4v) is 2.75. The van der Waals surface area contributed by atoms with Crippen LogP contribution in [0.1, 0.15) is 25.3 Å². The van der Waals surface area contributed by atoms with Gasteiger partial charge in [0.05, 0.1) is 9.83 Å². The van der Waals surface area contributed by atoms with Crippen molar-refractivity contribution in [1.82, 2.24) is 4.90 Å². The highest BCUT2D eigenvalue weighted by molar-refractivity contribution is 8.18. The lowest BCUT2D eigenvalue weighted by atomic mass is 10.2. The van der Waals surface area contributed by atoms with E-state index in [9.17, 15) is 19.7 Å². The predicted octanol–water partition coefficient (Wildman–Crippen LogP) is 3.43. The lowest BCUT2D eigenvalue weighted by Crippen LogP contribution is -2.29. The summed E-state index contributed by atoms with van der Waals surface area (Å²) >= 11 is 0.870. The zero-order chi connectivity index (χ0) is 15.4. The molecule has 0 unspecified atom stereocenters. The van der Waals surface area contributed by atoms with Gasteiger partial charge in [-0.05, 0) is 29.8 Å². The number of hydrogen-bond donors (Lipinski definition) is 0. The molecule has 21 heavy (non-hydrogen) atoms. The van der Waals surface area contributed by atoms with Crippen LogP contribution in [0.5, 0.6) is 0 Å². The minimum atomic E-state index is -0.496. The summed E-state index contributed by atoms with van der Waals surface area (Å²) in [7, 11) is 0. The third kappa shape index (κ3) is 3.49. The SMILES string of the molecule is CCCCN1C(=O)S/C(=C/c2cccc([N+](=O)[O-])c2)C1=O. The number of nitro benzene ring substituents is 1. The van der Waals surface area contributed by atoms with Gasteiger partial charge in [0, 0.05) is 18.7 Å². The first-order chi connectivity index (χ1) is 10.0. The van der Waals surface area contributed by atoms with Crippen molar-refractivity contribution >= 4 is 34.7 Å². The second-order valence-corrected chi connectivity index (χ2v) is 5.53. The molecule has 2 amide bonds. The quantitative estimate of drug-likeness (QED) is 0.473. The van der Waals surface area contributed by atoms with Crippen molar-refractivity contribution in [3.05, 3.63) is 44.8 Å². The van der Waals surface area contributed by atoms with Gasteiger partial charge in [0.1, 0.15) is 0 Å². The number of non-ortho nitro benzene ring substituents is 1. The van der Waals surface area contributed by atoms with Gasteiger partial charge in [-0.1, -0.05) is 25.5 Å². The minimum Gasteiger partial charge on any atom is -0.268 e. The number of nitro groups is 1. The van der Waals surface area contributed by atoms with E-state index in [-0.39, 0.29) is 16.8 Å². The minimum absolute atomic E-state index is 0.0473. The van der Waals surface area contributed by atoms with E-state index in [1.807, 2.05) is 6.92 Å². The Hall–Kier alpha value is -2.15. The molecule has 0 spiro atoms. The van der Waals surface area contributed by atoms with Gasteiger partial charge < -0.3 is 0 Å². The van der Waals surface area contributed by atoms with Gasteiger partial charge in [-0.25, -0.2) is 0 Å². The van der Waals surface area contributed by atoms with E-state index in [2.05, 4.69) is 0 Å². The Kier molecular flexibility index (Phi) is 4.74. The normalized spacial score (nSPS) is 16.8. The Bertz CT molecular complexity index is 627. The molecule has 0 bridgehead atoms. The van der Waals surface area contributed by atoms with E-state index in [0.29, 0.717) is 17.0 Å². The Morgan fingerprint density at radius 2 is 2.14 bits per heavy atom. The summed E-state index contributed by atoms with van der Waals surface area (Å²) in [6.45, 7) is 2.39. The molecule has 0 radical (unpaired) electrons. The molecule has 1 aromatic carbocycles. The molecular formula is C14H14N2O4S. The van der Waals surface area contributed by atoms with Crippen molar-refractivity contribution in [2.75, 3.05) is 6.54 Å². The van der Waals surface area contributed by atoms with Gasteiger partial charge in [-0.2, -0.15) is 0 Å². The second-order valence-electron chi connectivity index (χ2n) is 4.54. The number of carbonyl (C=O) groups excluding carboxylic acids is 2. The number of thioether (sulfide) groups is 1. The number of imide groups is 1. The molecule has 1 aliphatic heterocycles. The first-order valence-electron chi connectivity index (χ1n) is 6.52. The van der Waals surface area contributed by atoms with E-state index in [1.54, 1.807) is 12.1 Å². The number of hydrogen-bond acceptors (Lipinski definition) is 5. The van der Waals surface area contributed by atoms with Crippen molar-refractivity contribution in [2.45, 2.75) is 19.8 Å². The van der Waals surface area contributed by atoms with Crippen LogP contribution in [-0.4, -0.2) is 27.5 Å². The Labute approximate surface area is 126 Å². The summed E-state index contributed by atoms with van der Waals surface area (Å²) in [5.41, 5.74) is 0.485. The van der Waals surface area contributed by atoms with Crippen LogP contribution < -0.4 is 0 Å². The van der Waals surface area contributed by atoms with Gasteiger partial charge in [0.2, 0.25) is 0 Å². The molecule has 6 nitrogen and oxygen atoms in total. The lowest BCUT2D eigenvalue weighted by molar-refractivity contribution is -0.384. The first-order valence-corrected chi connectivity index (χ1v) is 7.34. The maximum Gasteiger partial charge on any atom is 0.293 e. The predicted molar refractivity (Wildman–Crippen MR) is 80.7 cm³/mol. The number of nitrogens with zero attached hydrogens (tertiary/aromatic N) is 2. The molecule has 0 atom stereocenters. The van der Waals surface area contributed by atoms with Crippen molar-refractivity contribution in [2.24, 2.45) is 0 Å². The van der Waals surface area contributed by atoms with Crippen LogP contribution in [0.15, 0.2) is 29.2 Å². The van der Waals surface area contributed by atoms with E-state index >= 15 is 0 Å². The number of rotatable bonds is 5. The Morgan fingerprint density at radius 1 is 1.38 bits per heavy atom. The molecule has 1 fully saturated rings. The molecule has 1 aromatic rings. The van der Waals surface area contributed by atoms with Crippen LogP contribution in [0.4, 0.5) is 10.5 Å². The first kappa shape index (κ1) is 15.2. The van der Waals surface area contributed by atoms with Gasteiger partial charge in [0.15, 0.2) is 0 Å². The Morgan fingerprint density at radius 3 is 2.81 bits per heavy atom. The van der Waals surface area contributed by atoms with E-state index in [0.717, 1.165) is 24.6 Å². The molecule has 2 rings (SSSR count). The molecule has 0 N–H and O–H groups in total. The lowest BCUT2D eigenvalue weighted by Gasteiger charge is -2.10. The van der Waals surface area contributed by atoms with E-state index < -0.39 is 4.92 Å². The summed E-state index contributed by atoms with van der Waals surface area (Å²) in [4.78, 5) is 35.7.